The molecule has 25 heavy (non-hydrogen) atoms. The lowest BCUT2D eigenvalue weighted by molar-refractivity contribution is 1.01. The van der Waals surface area contributed by atoms with Crippen molar-refractivity contribution < 1.29 is 0 Å². The first-order chi connectivity index (χ1) is 12.3. The smallest absolute Gasteiger partial charge is 0.0453 e. The van der Waals surface area contributed by atoms with Gasteiger partial charge < -0.3 is 0 Å². The molecule has 0 aliphatic heterocycles. The van der Waals surface area contributed by atoms with Crippen molar-refractivity contribution >= 4 is 22.4 Å². The second-order valence-electron chi connectivity index (χ2n) is 6.74. The lowest BCUT2D eigenvalue weighted by Gasteiger charge is -2.20. The van der Waals surface area contributed by atoms with Crippen LogP contribution < -0.4 is 0 Å². The Balaban J connectivity index is 1.92. The number of rotatable bonds is 1. The standard InChI is InChI=1S/C24H17Cl/c1-15-13-14-16-7-2-3-8-17(16)22(15)24-20-10-5-4-9-18(20)19-11-6-12-21(25)23(19)24/h2-14,24H,1H3. The van der Waals surface area contributed by atoms with Gasteiger partial charge >= 0.3 is 0 Å². The molecule has 0 nitrogen and oxygen atoms in total. The van der Waals surface area contributed by atoms with Gasteiger partial charge in [-0.2, -0.15) is 0 Å². The van der Waals surface area contributed by atoms with Crippen LogP contribution in [0.25, 0.3) is 21.9 Å². The number of hydrogen-bond acceptors (Lipinski definition) is 0. The van der Waals surface area contributed by atoms with Crippen molar-refractivity contribution in [1.82, 2.24) is 0 Å². The van der Waals surface area contributed by atoms with E-state index < -0.39 is 0 Å². The van der Waals surface area contributed by atoms with Crippen molar-refractivity contribution in [3.8, 4) is 11.1 Å². The Bertz CT molecular complexity index is 1120. The van der Waals surface area contributed by atoms with Crippen LogP contribution in [-0.4, -0.2) is 0 Å². The highest BCUT2D eigenvalue weighted by molar-refractivity contribution is 6.32. The van der Waals surface area contributed by atoms with E-state index in [1.54, 1.807) is 0 Å². The van der Waals surface area contributed by atoms with E-state index in [4.69, 9.17) is 11.6 Å². The third kappa shape index (κ3) is 2.08. The Hall–Kier alpha value is -2.57. The van der Waals surface area contributed by atoms with Crippen molar-refractivity contribution in [3.05, 3.63) is 106 Å². The molecule has 1 atom stereocenters. The van der Waals surface area contributed by atoms with Gasteiger partial charge in [-0.05, 0) is 57.1 Å². The lowest BCUT2D eigenvalue weighted by Crippen LogP contribution is -2.03. The highest BCUT2D eigenvalue weighted by atomic mass is 35.5. The molecular formula is C24H17Cl. The van der Waals surface area contributed by atoms with Crippen LogP contribution in [0, 0.1) is 6.92 Å². The first-order valence-corrected chi connectivity index (χ1v) is 8.99. The molecule has 0 amide bonds. The zero-order valence-corrected chi connectivity index (χ0v) is 14.7. The van der Waals surface area contributed by atoms with E-state index >= 15 is 0 Å². The molecular weight excluding hydrogens is 324 g/mol. The van der Waals surface area contributed by atoms with E-state index in [0.717, 1.165) is 5.02 Å². The predicted molar refractivity (Wildman–Crippen MR) is 107 cm³/mol. The van der Waals surface area contributed by atoms with Gasteiger partial charge in [0, 0.05) is 10.9 Å². The average Bonchev–Trinajstić information content (AvgIpc) is 2.98. The molecule has 5 rings (SSSR count). The highest BCUT2D eigenvalue weighted by Crippen LogP contribution is 2.52. The molecule has 0 radical (unpaired) electrons. The van der Waals surface area contributed by atoms with E-state index in [2.05, 4.69) is 79.7 Å². The maximum absolute atomic E-state index is 6.71. The Kier molecular flexibility index (Phi) is 3.23. The summed E-state index contributed by atoms with van der Waals surface area (Å²) in [4.78, 5) is 0. The fourth-order valence-corrected chi connectivity index (χ4v) is 4.59. The van der Waals surface area contributed by atoms with Gasteiger partial charge in [0.1, 0.15) is 0 Å². The first-order valence-electron chi connectivity index (χ1n) is 8.61. The van der Waals surface area contributed by atoms with Crippen LogP contribution in [0.5, 0.6) is 0 Å². The summed E-state index contributed by atoms with van der Waals surface area (Å²) in [7, 11) is 0. The van der Waals surface area contributed by atoms with E-state index in [1.165, 1.54) is 44.2 Å². The Labute approximate surface area is 152 Å². The van der Waals surface area contributed by atoms with E-state index in [9.17, 15) is 0 Å². The minimum Gasteiger partial charge on any atom is -0.0840 e. The van der Waals surface area contributed by atoms with Gasteiger partial charge in [0.05, 0.1) is 0 Å². The van der Waals surface area contributed by atoms with E-state index in [-0.39, 0.29) is 5.92 Å². The summed E-state index contributed by atoms with van der Waals surface area (Å²) in [6, 6.07) is 28.1. The van der Waals surface area contributed by atoms with Crippen molar-refractivity contribution in [2.45, 2.75) is 12.8 Å². The van der Waals surface area contributed by atoms with Crippen LogP contribution in [0.15, 0.2) is 78.9 Å². The average molecular weight is 341 g/mol. The number of aryl methyl sites for hydroxylation is 1. The number of halogens is 1. The first kappa shape index (κ1) is 14.7. The van der Waals surface area contributed by atoms with Gasteiger partial charge in [-0.1, -0.05) is 84.4 Å². The third-order valence-electron chi connectivity index (χ3n) is 5.38. The molecule has 1 unspecified atom stereocenters. The highest BCUT2D eigenvalue weighted by Gasteiger charge is 2.33. The molecule has 0 aromatic heterocycles. The SMILES string of the molecule is Cc1ccc2ccccc2c1C1c2ccccc2-c2cccc(Cl)c21. The number of fused-ring (bicyclic) bond motifs is 4. The molecule has 1 heteroatoms. The van der Waals surface area contributed by atoms with Crippen LogP contribution >= 0.6 is 11.6 Å². The Morgan fingerprint density at radius 2 is 1.44 bits per heavy atom. The molecule has 1 aliphatic rings. The van der Waals surface area contributed by atoms with Crippen LogP contribution in [0.1, 0.15) is 28.2 Å². The number of benzene rings is 4. The Morgan fingerprint density at radius 1 is 0.680 bits per heavy atom. The zero-order valence-electron chi connectivity index (χ0n) is 14.0. The molecule has 0 saturated carbocycles. The summed E-state index contributed by atoms with van der Waals surface area (Å²) in [5.41, 5.74) is 7.84. The molecule has 4 aromatic rings. The summed E-state index contributed by atoms with van der Waals surface area (Å²) < 4.78 is 0. The predicted octanol–water partition coefficient (Wildman–Crippen LogP) is 6.96. The van der Waals surface area contributed by atoms with Crippen molar-refractivity contribution in [2.75, 3.05) is 0 Å². The van der Waals surface area contributed by atoms with E-state index in [1.807, 2.05) is 6.07 Å². The van der Waals surface area contributed by atoms with Gasteiger partial charge in [-0.25, -0.2) is 0 Å². The molecule has 0 heterocycles. The van der Waals surface area contributed by atoms with Gasteiger partial charge in [0.2, 0.25) is 0 Å². The third-order valence-corrected chi connectivity index (χ3v) is 5.71. The summed E-state index contributed by atoms with van der Waals surface area (Å²) in [5, 5.41) is 3.45. The van der Waals surface area contributed by atoms with Crippen LogP contribution in [-0.2, 0) is 0 Å². The lowest BCUT2D eigenvalue weighted by atomic mass is 9.83. The van der Waals surface area contributed by atoms with Gasteiger partial charge in [0.25, 0.3) is 0 Å². The normalized spacial score (nSPS) is 15.2. The molecule has 0 saturated heterocycles. The van der Waals surface area contributed by atoms with Gasteiger partial charge in [-0.3, -0.25) is 0 Å². The molecule has 0 bridgehead atoms. The van der Waals surface area contributed by atoms with Crippen molar-refractivity contribution in [2.24, 2.45) is 0 Å². The quantitative estimate of drug-likeness (QED) is 0.309. The number of hydrogen-bond donors (Lipinski definition) is 0. The van der Waals surface area contributed by atoms with Crippen LogP contribution in [0.3, 0.4) is 0 Å². The van der Waals surface area contributed by atoms with Gasteiger partial charge in [-0.15, -0.1) is 0 Å². The molecule has 1 aliphatic carbocycles. The fraction of sp³-hybridized carbons (Fsp3) is 0.0833. The monoisotopic (exact) mass is 340 g/mol. The molecule has 4 aromatic carbocycles. The molecule has 120 valence electrons. The summed E-state index contributed by atoms with van der Waals surface area (Å²) >= 11 is 6.71. The summed E-state index contributed by atoms with van der Waals surface area (Å²) in [6.07, 6.45) is 0. The zero-order chi connectivity index (χ0) is 17.0. The maximum atomic E-state index is 6.71. The minimum absolute atomic E-state index is 0.186. The Morgan fingerprint density at radius 3 is 2.36 bits per heavy atom. The maximum Gasteiger partial charge on any atom is 0.0453 e. The minimum atomic E-state index is 0.186. The fourth-order valence-electron chi connectivity index (χ4n) is 4.30. The molecule has 0 fully saturated rings. The second kappa shape index (κ2) is 5.47. The molecule has 0 N–H and O–H groups in total. The van der Waals surface area contributed by atoms with Gasteiger partial charge in [0.15, 0.2) is 0 Å². The molecule has 0 spiro atoms. The van der Waals surface area contributed by atoms with E-state index in [0.29, 0.717) is 0 Å². The topological polar surface area (TPSA) is 0 Å². The second-order valence-corrected chi connectivity index (χ2v) is 7.15. The largest absolute Gasteiger partial charge is 0.0840 e. The summed E-state index contributed by atoms with van der Waals surface area (Å²) in [5.74, 6) is 0.186. The van der Waals surface area contributed by atoms with Crippen LogP contribution in [0.2, 0.25) is 5.02 Å². The van der Waals surface area contributed by atoms with Crippen molar-refractivity contribution in [3.63, 3.8) is 0 Å². The van der Waals surface area contributed by atoms with Crippen LogP contribution in [0.4, 0.5) is 0 Å². The van der Waals surface area contributed by atoms with Crippen molar-refractivity contribution in [1.29, 1.82) is 0 Å². The summed E-state index contributed by atoms with van der Waals surface area (Å²) in [6.45, 7) is 2.21.